The number of nitrogens with zero attached hydrogens (tertiary/aromatic N) is 3. The molecule has 0 aromatic carbocycles. The van der Waals surface area contributed by atoms with Gasteiger partial charge in [-0.05, 0) is 25.5 Å². The van der Waals surface area contributed by atoms with Crippen LogP contribution >= 0.6 is 0 Å². The largest absolute Gasteiger partial charge is 0.376 e. The lowest BCUT2D eigenvalue weighted by Gasteiger charge is -2.16. The van der Waals surface area contributed by atoms with Crippen LogP contribution in [-0.2, 0) is 6.54 Å². The second-order valence-corrected chi connectivity index (χ2v) is 4.52. The van der Waals surface area contributed by atoms with Gasteiger partial charge in [0.05, 0.1) is 17.9 Å². The summed E-state index contributed by atoms with van der Waals surface area (Å²) in [5.41, 5.74) is 7.82. The van der Waals surface area contributed by atoms with Gasteiger partial charge in [-0.15, -0.1) is 0 Å². The van der Waals surface area contributed by atoms with E-state index in [1.165, 1.54) is 0 Å². The molecular formula is C13H23N5. The van der Waals surface area contributed by atoms with Gasteiger partial charge in [0.1, 0.15) is 0 Å². The molecule has 0 spiro atoms. The second-order valence-electron chi connectivity index (χ2n) is 4.52. The van der Waals surface area contributed by atoms with Crippen LogP contribution in [-0.4, -0.2) is 31.1 Å². The summed E-state index contributed by atoms with van der Waals surface area (Å²) in [5, 5.41) is 3.13. The number of rotatable bonds is 5. The molecule has 100 valence electrons. The number of pyridine rings is 1. The smallest absolute Gasteiger partial charge is 0.189 e. The zero-order valence-corrected chi connectivity index (χ0v) is 11.6. The quantitative estimate of drug-likeness (QED) is 0.610. The molecular weight excluding hydrogens is 226 g/mol. The predicted octanol–water partition coefficient (Wildman–Crippen LogP) is 1.35. The molecule has 1 atom stereocenters. The van der Waals surface area contributed by atoms with Gasteiger partial charge in [0.15, 0.2) is 5.96 Å². The van der Waals surface area contributed by atoms with E-state index < -0.39 is 0 Å². The summed E-state index contributed by atoms with van der Waals surface area (Å²) in [7, 11) is 3.98. The molecule has 0 aliphatic heterocycles. The summed E-state index contributed by atoms with van der Waals surface area (Å²) in [6, 6.07) is 4.28. The number of aromatic nitrogens is 1. The molecule has 0 aliphatic carbocycles. The van der Waals surface area contributed by atoms with Gasteiger partial charge in [0.2, 0.25) is 0 Å². The Morgan fingerprint density at radius 3 is 2.89 bits per heavy atom. The average molecular weight is 249 g/mol. The third kappa shape index (κ3) is 4.24. The van der Waals surface area contributed by atoms with E-state index in [1.54, 1.807) is 6.20 Å². The molecule has 0 radical (unpaired) electrons. The first-order chi connectivity index (χ1) is 8.54. The van der Waals surface area contributed by atoms with E-state index in [4.69, 9.17) is 5.73 Å². The van der Waals surface area contributed by atoms with Crippen molar-refractivity contribution in [2.75, 3.05) is 19.0 Å². The Labute approximate surface area is 109 Å². The fraction of sp³-hybridized carbons (Fsp3) is 0.538. The average Bonchev–Trinajstić information content (AvgIpc) is 2.36. The Balaban J connectivity index is 2.70. The van der Waals surface area contributed by atoms with E-state index in [0.717, 1.165) is 17.8 Å². The lowest BCUT2D eigenvalue weighted by molar-refractivity contribution is 0.636. The van der Waals surface area contributed by atoms with Crippen molar-refractivity contribution in [2.24, 2.45) is 10.7 Å². The molecule has 0 aliphatic rings. The lowest BCUT2D eigenvalue weighted by Crippen LogP contribution is -2.38. The van der Waals surface area contributed by atoms with Crippen LogP contribution in [0.25, 0.3) is 0 Å². The van der Waals surface area contributed by atoms with Crippen molar-refractivity contribution in [3.05, 3.63) is 24.0 Å². The highest BCUT2D eigenvalue weighted by atomic mass is 15.1. The Morgan fingerprint density at radius 1 is 1.56 bits per heavy atom. The zero-order valence-electron chi connectivity index (χ0n) is 11.6. The number of anilines is 1. The molecule has 0 fully saturated rings. The molecule has 1 rings (SSSR count). The minimum Gasteiger partial charge on any atom is -0.376 e. The number of guanidine groups is 1. The fourth-order valence-corrected chi connectivity index (χ4v) is 1.52. The van der Waals surface area contributed by atoms with Crippen LogP contribution in [0.1, 0.15) is 26.0 Å². The Kier molecular flexibility index (Phi) is 5.42. The Bertz CT molecular complexity index is 400. The lowest BCUT2D eigenvalue weighted by atomic mass is 10.2. The molecule has 1 aromatic rings. The Hall–Kier alpha value is -1.78. The van der Waals surface area contributed by atoms with Crippen LogP contribution in [0.3, 0.4) is 0 Å². The summed E-state index contributed by atoms with van der Waals surface area (Å²) in [6.07, 6.45) is 2.79. The molecule has 0 saturated heterocycles. The molecule has 0 bridgehead atoms. The van der Waals surface area contributed by atoms with Crippen molar-refractivity contribution >= 4 is 11.6 Å². The van der Waals surface area contributed by atoms with Crippen LogP contribution in [0.15, 0.2) is 23.3 Å². The number of hydrogen-bond acceptors (Lipinski definition) is 3. The van der Waals surface area contributed by atoms with Crippen LogP contribution in [0.4, 0.5) is 5.69 Å². The van der Waals surface area contributed by atoms with Gasteiger partial charge in [-0.1, -0.05) is 6.92 Å². The van der Waals surface area contributed by atoms with Gasteiger partial charge >= 0.3 is 0 Å². The van der Waals surface area contributed by atoms with Crippen molar-refractivity contribution in [2.45, 2.75) is 32.9 Å². The first-order valence-electron chi connectivity index (χ1n) is 6.22. The first kappa shape index (κ1) is 14.3. The van der Waals surface area contributed by atoms with Gasteiger partial charge in [-0.3, -0.25) is 4.98 Å². The summed E-state index contributed by atoms with van der Waals surface area (Å²) in [4.78, 5) is 10.7. The molecule has 0 amide bonds. The SMILES string of the molecule is CCC(C)NC(N)=NCc1ncccc1N(C)C. The maximum atomic E-state index is 5.82. The number of nitrogens with two attached hydrogens (primary N) is 1. The normalized spacial score (nSPS) is 13.2. The van der Waals surface area contributed by atoms with Crippen LogP contribution in [0.2, 0.25) is 0 Å². The molecule has 1 aromatic heterocycles. The van der Waals surface area contributed by atoms with Crippen LogP contribution in [0, 0.1) is 0 Å². The zero-order chi connectivity index (χ0) is 13.5. The van der Waals surface area contributed by atoms with Crippen molar-refractivity contribution in [1.82, 2.24) is 10.3 Å². The number of aliphatic imine (C=N–C) groups is 1. The molecule has 3 N–H and O–H groups in total. The van der Waals surface area contributed by atoms with Gasteiger partial charge < -0.3 is 16.0 Å². The summed E-state index contributed by atoms with van der Waals surface area (Å²) in [6.45, 7) is 4.67. The third-order valence-corrected chi connectivity index (χ3v) is 2.75. The van der Waals surface area contributed by atoms with Crippen molar-refractivity contribution in [3.63, 3.8) is 0 Å². The molecule has 5 heteroatoms. The van der Waals surface area contributed by atoms with Crippen LogP contribution in [0.5, 0.6) is 0 Å². The standard InChI is InChI=1S/C13H23N5/c1-5-10(2)17-13(14)16-9-11-12(18(3)4)7-6-8-15-11/h6-8,10H,5,9H2,1-4H3,(H3,14,16,17). The highest BCUT2D eigenvalue weighted by molar-refractivity contribution is 5.78. The van der Waals surface area contributed by atoms with E-state index in [0.29, 0.717) is 18.5 Å². The fourth-order valence-electron chi connectivity index (χ4n) is 1.52. The van der Waals surface area contributed by atoms with Gasteiger partial charge in [-0.25, -0.2) is 4.99 Å². The third-order valence-electron chi connectivity index (χ3n) is 2.75. The summed E-state index contributed by atoms with van der Waals surface area (Å²) < 4.78 is 0. The van der Waals surface area contributed by atoms with E-state index in [-0.39, 0.29) is 0 Å². The van der Waals surface area contributed by atoms with E-state index >= 15 is 0 Å². The highest BCUT2D eigenvalue weighted by Crippen LogP contribution is 2.15. The van der Waals surface area contributed by atoms with Crippen molar-refractivity contribution < 1.29 is 0 Å². The first-order valence-corrected chi connectivity index (χ1v) is 6.22. The van der Waals surface area contributed by atoms with Crippen LogP contribution < -0.4 is 16.0 Å². The number of nitrogens with one attached hydrogen (secondary N) is 1. The van der Waals surface area contributed by atoms with Gasteiger partial charge in [0, 0.05) is 26.3 Å². The molecule has 18 heavy (non-hydrogen) atoms. The molecule has 0 saturated carbocycles. The number of hydrogen-bond donors (Lipinski definition) is 2. The maximum Gasteiger partial charge on any atom is 0.189 e. The summed E-state index contributed by atoms with van der Waals surface area (Å²) >= 11 is 0. The van der Waals surface area contributed by atoms with Crippen molar-refractivity contribution in [3.8, 4) is 0 Å². The highest BCUT2D eigenvalue weighted by Gasteiger charge is 2.05. The maximum absolute atomic E-state index is 5.82. The molecule has 1 heterocycles. The Morgan fingerprint density at radius 2 is 2.28 bits per heavy atom. The van der Waals surface area contributed by atoms with E-state index in [1.807, 2.05) is 31.1 Å². The monoisotopic (exact) mass is 249 g/mol. The van der Waals surface area contributed by atoms with E-state index in [2.05, 4.69) is 29.1 Å². The topological polar surface area (TPSA) is 66.5 Å². The summed E-state index contributed by atoms with van der Waals surface area (Å²) in [5.74, 6) is 0.472. The minimum absolute atomic E-state index is 0.339. The van der Waals surface area contributed by atoms with Crippen molar-refractivity contribution in [1.29, 1.82) is 0 Å². The molecule has 1 unspecified atom stereocenters. The second kappa shape index (κ2) is 6.83. The van der Waals surface area contributed by atoms with Gasteiger partial charge in [-0.2, -0.15) is 0 Å². The predicted molar refractivity (Wildman–Crippen MR) is 76.8 cm³/mol. The molecule has 5 nitrogen and oxygen atoms in total. The van der Waals surface area contributed by atoms with Gasteiger partial charge in [0.25, 0.3) is 0 Å². The minimum atomic E-state index is 0.339. The van der Waals surface area contributed by atoms with E-state index in [9.17, 15) is 0 Å².